The largest absolute Gasteiger partial charge is 0.473 e. The van der Waals surface area contributed by atoms with E-state index >= 15 is 0 Å². The number of nitrogens with zero attached hydrogens (tertiary/aromatic N) is 2. The van der Waals surface area contributed by atoms with Gasteiger partial charge in [-0.25, -0.2) is 0 Å². The Labute approximate surface area is 152 Å². The predicted octanol–water partition coefficient (Wildman–Crippen LogP) is 3.78. The van der Waals surface area contributed by atoms with Crippen LogP contribution in [0.15, 0.2) is 5.11 Å². The lowest BCUT2D eigenvalue weighted by Gasteiger charge is -2.66. The van der Waals surface area contributed by atoms with E-state index in [1.54, 1.807) is 0 Å². The quantitative estimate of drug-likeness (QED) is 0.229. The van der Waals surface area contributed by atoms with Gasteiger partial charge in [0, 0.05) is 0 Å². The minimum atomic E-state index is -0.205. The van der Waals surface area contributed by atoms with Crippen molar-refractivity contribution in [2.24, 2.45) is 28.3 Å². The van der Waals surface area contributed by atoms with Crippen LogP contribution in [0.4, 0.5) is 0 Å². The zero-order chi connectivity index (χ0) is 16.2. The van der Waals surface area contributed by atoms with E-state index in [1.807, 2.05) is 0 Å². The first kappa shape index (κ1) is 16.5. The molecule has 7 heteroatoms. The molecular weight excluding hydrogens is 404 g/mol. The highest BCUT2D eigenvalue weighted by molar-refractivity contribution is 14.1. The molecule has 1 saturated heterocycles. The number of halogens is 1. The second-order valence-electron chi connectivity index (χ2n) is 8.44. The lowest BCUT2D eigenvalue weighted by atomic mass is 9.42. The minimum Gasteiger partial charge on any atom is -0.405 e. The SMILES string of the molecule is CC1(CCC2CC2)C2CC3OB([C@H](I)CN=[N+]=N)O[C@]3(C)C1C2. The summed E-state index contributed by atoms with van der Waals surface area (Å²) in [5.41, 5.74) is 7.13. The van der Waals surface area contributed by atoms with E-state index in [1.165, 1.54) is 32.1 Å². The monoisotopic (exact) mass is 430 g/mol. The fourth-order valence-corrected chi connectivity index (χ4v) is 5.86. The molecule has 0 radical (unpaired) electrons. The van der Waals surface area contributed by atoms with Crippen molar-refractivity contribution >= 4 is 29.7 Å². The number of alkyl halides is 1. The Bertz CT molecular complexity index is 541. The van der Waals surface area contributed by atoms with Gasteiger partial charge in [-0.15, -0.1) is 0 Å². The third kappa shape index (κ3) is 2.62. The van der Waals surface area contributed by atoms with Crippen LogP contribution in [0.3, 0.4) is 0 Å². The summed E-state index contributed by atoms with van der Waals surface area (Å²) in [5, 5.41) is 3.79. The lowest BCUT2D eigenvalue weighted by molar-refractivity contribution is -0.211. The highest BCUT2D eigenvalue weighted by Crippen LogP contribution is 2.68. The topological polar surface area (TPSA) is 68.8 Å². The Morgan fingerprint density at radius 3 is 2.87 bits per heavy atom. The summed E-state index contributed by atoms with van der Waals surface area (Å²) in [6, 6.07) is 0. The molecule has 3 aliphatic carbocycles. The van der Waals surface area contributed by atoms with E-state index in [0.29, 0.717) is 17.9 Å². The molecule has 2 bridgehead atoms. The van der Waals surface area contributed by atoms with Gasteiger partial charge in [0.1, 0.15) is 17.2 Å². The maximum absolute atomic E-state index is 6.82. The summed E-state index contributed by atoms with van der Waals surface area (Å²) < 4.78 is 12.9. The summed E-state index contributed by atoms with van der Waals surface area (Å²) in [7, 11) is -0.205. The first-order valence-corrected chi connectivity index (χ1v) is 10.2. The average molecular weight is 430 g/mol. The van der Waals surface area contributed by atoms with Crippen LogP contribution < -0.4 is 4.91 Å². The molecule has 0 spiro atoms. The molecule has 0 aromatic carbocycles. The molecule has 4 fully saturated rings. The van der Waals surface area contributed by atoms with E-state index in [-0.39, 0.29) is 22.6 Å². The molecule has 1 N–H and O–H groups in total. The molecule has 5 nitrogen and oxygen atoms in total. The fraction of sp³-hybridized carbons (Fsp3) is 1.00. The van der Waals surface area contributed by atoms with Crippen LogP contribution >= 0.6 is 22.6 Å². The first-order valence-electron chi connectivity index (χ1n) is 8.98. The van der Waals surface area contributed by atoms with E-state index in [9.17, 15) is 0 Å². The molecule has 1 heterocycles. The van der Waals surface area contributed by atoms with Crippen molar-refractivity contribution < 1.29 is 9.31 Å². The molecule has 0 aromatic rings. The molecule has 23 heavy (non-hydrogen) atoms. The Balaban J connectivity index is 1.46. The van der Waals surface area contributed by atoms with Crippen molar-refractivity contribution in [1.82, 2.24) is 4.91 Å². The zero-order valence-electron chi connectivity index (χ0n) is 14.0. The van der Waals surface area contributed by atoms with Crippen molar-refractivity contribution in [3.05, 3.63) is 0 Å². The van der Waals surface area contributed by atoms with Gasteiger partial charge in [-0.3, -0.25) is 0 Å². The van der Waals surface area contributed by atoms with E-state index < -0.39 is 0 Å². The van der Waals surface area contributed by atoms with Crippen LogP contribution in [0.25, 0.3) is 0 Å². The number of hydrogen-bond donors (Lipinski definition) is 1. The highest BCUT2D eigenvalue weighted by Gasteiger charge is 2.69. The second-order valence-corrected chi connectivity index (χ2v) is 10.0. The van der Waals surface area contributed by atoms with Gasteiger partial charge < -0.3 is 9.31 Å². The van der Waals surface area contributed by atoms with E-state index in [0.717, 1.165) is 18.3 Å². The summed E-state index contributed by atoms with van der Waals surface area (Å²) in [4.78, 5) is 3.11. The van der Waals surface area contributed by atoms with Crippen LogP contribution in [-0.2, 0) is 9.31 Å². The van der Waals surface area contributed by atoms with Crippen LogP contribution in [0.5, 0.6) is 0 Å². The minimum absolute atomic E-state index is 0.124. The van der Waals surface area contributed by atoms with Crippen LogP contribution in [0.1, 0.15) is 52.4 Å². The van der Waals surface area contributed by atoms with Crippen molar-refractivity contribution in [1.29, 1.82) is 5.53 Å². The highest BCUT2D eigenvalue weighted by atomic mass is 127. The van der Waals surface area contributed by atoms with Gasteiger partial charge >= 0.3 is 7.12 Å². The van der Waals surface area contributed by atoms with Crippen molar-refractivity contribution in [3.8, 4) is 0 Å². The lowest BCUT2D eigenvalue weighted by Crippen LogP contribution is -2.66. The maximum atomic E-state index is 6.82. The van der Waals surface area contributed by atoms with Gasteiger partial charge in [-0.05, 0) is 55.8 Å². The number of rotatable bonds is 6. The average Bonchev–Trinajstić information content (AvgIpc) is 3.28. The van der Waals surface area contributed by atoms with Gasteiger partial charge in [0.25, 0.3) is 0 Å². The molecule has 126 valence electrons. The third-order valence-corrected chi connectivity index (χ3v) is 8.14. The third-order valence-electron chi connectivity index (χ3n) is 7.16. The summed E-state index contributed by atoms with van der Waals surface area (Å²) in [6.45, 7) is 5.27. The van der Waals surface area contributed by atoms with Crippen molar-refractivity contribution in [2.75, 3.05) is 6.54 Å². The van der Waals surface area contributed by atoms with Crippen LogP contribution in [0.2, 0.25) is 0 Å². The molecule has 6 atom stereocenters. The molecular formula is C16H26BIN3O2+. The molecule has 1 aliphatic heterocycles. The second kappa shape index (κ2) is 5.78. The summed E-state index contributed by atoms with van der Waals surface area (Å²) in [6.07, 6.45) is 8.37. The maximum Gasteiger partial charge on any atom is 0.473 e. The van der Waals surface area contributed by atoms with E-state index in [2.05, 4.69) is 46.5 Å². The van der Waals surface area contributed by atoms with Crippen LogP contribution in [0, 0.1) is 28.7 Å². The van der Waals surface area contributed by atoms with Gasteiger partial charge in [0.15, 0.2) is 0 Å². The van der Waals surface area contributed by atoms with Crippen molar-refractivity contribution in [3.63, 3.8) is 0 Å². The zero-order valence-corrected chi connectivity index (χ0v) is 16.2. The fourth-order valence-electron chi connectivity index (χ4n) is 5.37. The van der Waals surface area contributed by atoms with Gasteiger partial charge in [-0.2, -0.15) is 0 Å². The number of nitrogens with one attached hydrogen (secondary N) is 1. The van der Waals surface area contributed by atoms with Crippen LogP contribution in [-0.4, -0.2) is 29.2 Å². The Morgan fingerprint density at radius 2 is 2.17 bits per heavy atom. The molecule has 0 aromatic heterocycles. The summed E-state index contributed by atoms with van der Waals surface area (Å²) in [5.74, 6) is 2.45. The first-order chi connectivity index (χ1) is 11.0. The smallest absolute Gasteiger partial charge is 0.405 e. The molecule has 3 saturated carbocycles. The Kier molecular flexibility index (Phi) is 4.15. The summed E-state index contributed by atoms with van der Waals surface area (Å²) >= 11 is 2.32. The Morgan fingerprint density at radius 1 is 1.39 bits per heavy atom. The standard InChI is InChI=1S/C16H26BIN3O2/c1-15(6-5-10-3-4-10)11-7-12(15)16(2)13(8-11)22-17(23-16)14(18)9-20-21-19/h10-14,19H,3-9H2,1-2H3/q+1/t11?,12?,13?,14-,15?,16-/m1/s1. The number of fused-ring (bicyclic) bond motifs is 4. The molecule has 4 aliphatic rings. The molecule has 4 unspecified atom stereocenters. The molecule has 4 rings (SSSR count). The van der Waals surface area contributed by atoms with Gasteiger partial charge in [-0.1, -0.05) is 42.4 Å². The predicted molar refractivity (Wildman–Crippen MR) is 96.4 cm³/mol. The number of hydrogen-bond acceptors (Lipinski definition) is 4. The molecule has 0 amide bonds. The Hall–Kier alpha value is 0.0249. The normalized spacial score (nSPS) is 45.9. The van der Waals surface area contributed by atoms with Gasteiger partial charge in [0.05, 0.1) is 15.5 Å². The van der Waals surface area contributed by atoms with Crippen molar-refractivity contribution in [2.45, 2.75) is 67.9 Å². The van der Waals surface area contributed by atoms with E-state index in [4.69, 9.17) is 14.8 Å². The van der Waals surface area contributed by atoms with Gasteiger partial charge in [0.2, 0.25) is 4.91 Å².